The fourth-order valence-corrected chi connectivity index (χ4v) is 3.42. The summed E-state index contributed by atoms with van der Waals surface area (Å²) in [5.74, 6) is 0.927. The molecule has 2 N–H and O–H groups in total. The smallest absolute Gasteiger partial charge is 0.245 e. The van der Waals surface area contributed by atoms with Gasteiger partial charge in [0, 0.05) is 19.5 Å². The van der Waals surface area contributed by atoms with Crippen molar-refractivity contribution in [1.29, 1.82) is 0 Å². The molecule has 0 aromatic heterocycles. The second-order valence-electron chi connectivity index (χ2n) is 6.75. The number of carbonyl (C=O) groups is 2. The standard InChI is InChI=1S/C17H31N3O3.ClH/c1-3-15(17(22)20-7-9-23-10-8-20)19-16(21)11-13(2)14-5-4-6-18-12-14;/h13-15,18H,3-12H2,1-2H3,(H,19,21);1H. The maximum atomic E-state index is 12.5. The Morgan fingerprint density at radius 3 is 2.62 bits per heavy atom. The number of morpholine rings is 1. The summed E-state index contributed by atoms with van der Waals surface area (Å²) in [5, 5.41) is 6.34. The van der Waals surface area contributed by atoms with Crippen LogP contribution in [0.2, 0.25) is 0 Å². The molecule has 2 aliphatic rings. The molecule has 0 aliphatic carbocycles. The first-order valence-corrected chi connectivity index (χ1v) is 8.98. The Hall–Kier alpha value is -0.850. The van der Waals surface area contributed by atoms with E-state index in [2.05, 4.69) is 17.6 Å². The summed E-state index contributed by atoms with van der Waals surface area (Å²) >= 11 is 0. The second kappa shape index (κ2) is 10.9. The maximum Gasteiger partial charge on any atom is 0.245 e. The summed E-state index contributed by atoms with van der Waals surface area (Å²) in [6, 6.07) is -0.405. The zero-order chi connectivity index (χ0) is 16.7. The molecule has 2 fully saturated rings. The molecule has 0 saturated carbocycles. The number of nitrogens with one attached hydrogen (secondary N) is 2. The van der Waals surface area contributed by atoms with Gasteiger partial charge in [-0.3, -0.25) is 9.59 Å². The van der Waals surface area contributed by atoms with E-state index < -0.39 is 6.04 Å². The lowest BCUT2D eigenvalue weighted by Crippen LogP contribution is -2.51. The van der Waals surface area contributed by atoms with E-state index in [1.54, 1.807) is 4.90 Å². The molecule has 2 rings (SSSR count). The average Bonchev–Trinajstić information content (AvgIpc) is 2.60. The fourth-order valence-electron chi connectivity index (χ4n) is 3.42. The van der Waals surface area contributed by atoms with E-state index in [9.17, 15) is 9.59 Å². The van der Waals surface area contributed by atoms with Crippen LogP contribution >= 0.6 is 12.4 Å². The van der Waals surface area contributed by atoms with Crippen LogP contribution in [0.5, 0.6) is 0 Å². The van der Waals surface area contributed by atoms with Crippen LogP contribution in [0, 0.1) is 11.8 Å². The van der Waals surface area contributed by atoms with Crippen LogP contribution in [0.25, 0.3) is 0 Å². The van der Waals surface area contributed by atoms with Gasteiger partial charge in [0.1, 0.15) is 6.04 Å². The van der Waals surface area contributed by atoms with Crippen LogP contribution < -0.4 is 10.6 Å². The Morgan fingerprint density at radius 1 is 1.33 bits per heavy atom. The Kier molecular flexibility index (Phi) is 9.63. The third-order valence-electron chi connectivity index (χ3n) is 5.01. The van der Waals surface area contributed by atoms with Crippen molar-refractivity contribution in [2.75, 3.05) is 39.4 Å². The number of amides is 2. The first kappa shape index (κ1) is 21.2. The van der Waals surface area contributed by atoms with E-state index in [-0.39, 0.29) is 24.2 Å². The van der Waals surface area contributed by atoms with E-state index in [0.29, 0.717) is 51.0 Å². The van der Waals surface area contributed by atoms with Crippen LogP contribution in [0.4, 0.5) is 0 Å². The van der Waals surface area contributed by atoms with Gasteiger partial charge in [0.25, 0.3) is 0 Å². The highest BCUT2D eigenvalue weighted by Crippen LogP contribution is 2.22. The Morgan fingerprint density at radius 2 is 2.04 bits per heavy atom. The van der Waals surface area contributed by atoms with Gasteiger partial charge >= 0.3 is 0 Å². The predicted octanol–water partition coefficient (Wildman–Crippen LogP) is 1.19. The Labute approximate surface area is 151 Å². The fraction of sp³-hybridized carbons (Fsp3) is 0.882. The summed E-state index contributed by atoms with van der Waals surface area (Å²) in [6.45, 7) is 8.58. The number of rotatable bonds is 6. The van der Waals surface area contributed by atoms with E-state index in [0.717, 1.165) is 13.1 Å². The van der Waals surface area contributed by atoms with Gasteiger partial charge < -0.3 is 20.3 Å². The van der Waals surface area contributed by atoms with Crippen LogP contribution in [0.1, 0.15) is 39.5 Å². The van der Waals surface area contributed by atoms with E-state index in [1.807, 2.05) is 6.92 Å². The van der Waals surface area contributed by atoms with Crippen molar-refractivity contribution in [2.24, 2.45) is 11.8 Å². The SMILES string of the molecule is CCC(NC(=O)CC(C)C1CCCNC1)C(=O)N1CCOCC1.Cl. The molecule has 7 heteroatoms. The first-order valence-electron chi connectivity index (χ1n) is 8.98. The lowest BCUT2D eigenvalue weighted by molar-refractivity contribution is -0.140. The Balaban J connectivity index is 0.00000288. The number of hydrogen-bond donors (Lipinski definition) is 2. The monoisotopic (exact) mass is 361 g/mol. The molecule has 3 atom stereocenters. The van der Waals surface area contributed by atoms with Gasteiger partial charge in [0.15, 0.2) is 0 Å². The molecular weight excluding hydrogens is 330 g/mol. The molecule has 24 heavy (non-hydrogen) atoms. The number of hydrogen-bond acceptors (Lipinski definition) is 4. The Bertz CT molecular complexity index is 397. The largest absolute Gasteiger partial charge is 0.378 e. The molecule has 2 heterocycles. The van der Waals surface area contributed by atoms with Gasteiger partial charge in [-0.25, -0.2) is 0 Å². The minimum atomic E-state index is -0.405. The first-order chi connectivity index (χ1) is 11.1. The lowest BCUT2D eigenvalue weighted by atomic mass is 9.85. The van der Waals surface area contributed by atoms with Gasteiger partial charge in [-0.15, -0.1) is 12.4 Å². The van der Waals surface area contributed by atoms with Crippen molar-refractivity contribution < 1.29 is 14.3 Å². The molecule has 0 aromatic carbocycles. The highest BCUT2D eigenvalue weighted by Gasteiger charge is 2.27. The normalized spacial score (nSPS) is 23.8. The van der Waals surface area contributed by atoms with E-state index in [4.69, 9.17) is 4.74 Å². The van der Waals surface area contributed by atoms with Crippen molar-refractivity contribution >= 4 is 24.2 Å². The molecule has 0 radical (unpaired) electrons. The lowest BCUT2D eigenvalue weighted by Gasteiger charge is -2.31. The number of carbonyl (C=O) groups excluding carboxylic acids is 2. The number of piperidine rings is 1. The van der Waals surface area contributed by atoms with Gasteiger partial charge in [0.2, 0.25) is 11.8 Å². The highest BCUT2D eigenvalue weighted by molar-refractivity contribution is 5.87. The minimum Gasteiger partial charge on any atom is -0.378 e. The molecule has 6 nitrogen and oxygen atoms in total. The van der Waals surface area contributed by atoms with Crippen LogP contribution in [-0.2, 0) is 14.3 Å². The zero-order valence-electron chi connectivity index (χ0n) is 14.9. The van der Waals surface area contributed by atoms with Gasteiger partial charge in [-0.2, -0.15) is 0 Å². The summed E-state index contributed by atoms with van der Waals surface area (Å²) in [4.78, 5) is 26.6. The van der Waals surface area contributed by atoms with Crippen molar-refractivity contribution in [2.45, 2.75) is 45.6 Å². The molecule has 2 saturated heterocycles. The highest BCUT2D eigenvalue weighted by atomic mass is 35.5. The number of nitrogens with zero attached hydrogens (tertiary/aromatic N) is 1. The van der Waals surface area contributed by atoms with Crippen molar-refractivity contribution in [1.82, 2.24) is 15.5 Å². The molecular formula is C17H32ClN3O3. The third-order valence-corrected chi connectivity index (χ3v) is 5.01. The number of ether oxygens (including phenoxy) is 1. The van der Waals surface area contributed by atoms with E-state index >= 15 is 0 Å². The molecule has 140 valence electrons. The summed E-state index contributed by atoms with van der Waals surface area (Å²) < 4.78 is 5.28. The topological polar surface area (TPSA) is 70.7 Å². The molecule has 2 amide bonds. The van der Waals surface area contributed by atoms with Gasteiger partial charge in [0.05, 0.1) is 13.2 Å². The van der Waals surface area contributed by atoms with Gasteiger partial charge in [-0.1, -0.05) is 13.8 Å². The summed E-state index contributed by atoms with van der Waals surface area (Å²) in [5.41, 5.74) is 0. The van der Waals surface area contributed by atoms with Crippen LogP contribution in [-0.4, -0.2) is 62.1 Å². The summed E-state index contributed by atoms with van der Waals surface area (Å²) in [6.07, 6.45) is 3.50. The van der Waals surface area contributed by atoms with Crippen molar-refractivity contribution in [3.05, 3.63) is 0 Å². The van der Waals surface area contributed by atoms with E-state index in [1.165, 1.54) is 12.8 Å². The minimum absolute atomic E-state index is 0. The molecule has 0 bridgehead atoms. The molecule has 0 aromatic rings. The molecule has 0 spiro atoms. The average molecular weight is 362 g/mol. The summed E-state index contributed by atoms with van der Waals surface area (Å²) in [7, 11) is 0. The quantitative estimate of drug-likeness (QED) is 0.745. The molecule has 3 unspecified atom stereocenters. The van der Waals surface area contributed by atoms with Crippen molar-refractivity contribution in [3.8, 4) is 0 Å². The maximum absolute atomic E-state index is 12.5. The zero-order valence-corrected chi connectivity index (χ0v) is 15.7. The number of halogens is 1. The molecule has 2 aliphatic heterocycles. The van der Waals surface area contributed by atoms with Crippen molar-refractivity contribution in [3.63, 3.8) is 0 Å². The predicted molar refractivity (Wildman–Crippen MR) is 96.2 cm³/mol. The van der Waals surface area contributed by atoms with Gasteiger partial charge in [-0.05, 0) is 44.2 Å². The van der Waals surface area contributed by atoms with Crippen LogP contribution in [0.15, 0.2) is 0 Å². The second-order valence-corrected chi connectivity index (χ2v) is 6.75. The third kappa shape index (κ3) is 6.22. The van der Waals surface area contributed by atoms with Crippen LogP contribution in [0.3, 0.4) is 0 Å².